The third-order valence-corrected chi connectivity index (χ3v) is 9.26. The number of sulfonamides is 1. The molecule has 0 spiro atoms. The topological polar surface area (TPSA) is 71.7 Å². The summed E-state index contributed by atoms with van der Waals surface area (Å²) in [6.07, 6.45) is 4.81. The molecule has 1 aliphatic rings. The summed E-state index contributed by atoms with van der Waals surface area (Å²) in [4.78, 5) is 19.4. The van der Waals surface area contributed by atoms with Crippen LogP contribution in [-0.4, -0.2) is 42.0 Å². The van der Waals surface area contributed by atoms with Crippen molar-refractivity contribution in [3.05, 3.63) is 64.9 Å². The first-order valence-electron chi connectivity index (χ1n) is 9.99. The van der Waals surface area contributed by atoms with E-state index in [1.807, 2.05) is 23.0 Å². The van der Waals surface area contributed by atoms with E-state index < -0.39 is 22.0 Å². The molecule has 6 nitrogen and oxygen atoms in total. The lowest BCUT2D eigenvalue weighted by molar-refractivity contribution is -0.121. The molecule has 1 atom stereocenters. The fourth-order valence-corrected chi connectivity index (χ4v) is 7.13. The molecule has 1 saturated heterocycles. The molecule has 0 radical (unpaired) electrons. The Morgan fingerprint density at radius 2 is 2.06 bits per heavy atom. The van der Waals surface area contributed by atoms with Crippen LogP contribution < -0.4 is 4.80 Å². The molecule has 0 N–H and O–H groups in total. The van der Waals surface area contributed by atoms with Gasteiger partial charge in [-0.15, -0.1) is 18.3 Å². The molecule has 0 saturated carbocycles. The minimum Gasteiger partial charge on any atom is -0.313 e. The molecule has 1 fully saturated rings. The zero-order valence-electron chi connectivity index (χ0n) is 17.4. The van der Waals surface area contributed by atoms with Gasteiger partial charge in [0.25, 0.3) is 5.91 Å². The van der Waals surface area contributed by atoms with Crippen molar-refractivity contribution in [2.24, 2.45) is 4.99 Å². The van der Waals surface area contributed by atoms with E-state index in [0.29, 0.717) is 29.2 Å². The third kappa shape index (κ3) is 4.45. The van der Waals surface area contributed by atoms with E-state index in [9.17, 15) is 13.2 Å². The van der Waals surface area contributed by atoms with Gasteiger partial charge in [0.2, 0.25) is 10.0 Å². The third-order valence-electron chi connectivity index (χ3n) is 5.32. The van der Waals surface area contributed by atoms with Crippen molar-refractivity contribution in [1.82, 2.24) is 8.87 Å². The summed E-state index contributed by atoms with van der Waals surface area (Å²) in [6, 6.07) is 11.3. The summed E-state index contributed by atoms with van der Waals surface area (Å²) in [5.74, 6) is -0.450. The molecule has 1 aromatic heterocycles. The lowest BCUT2D eigenvalue weighted by Gasteiger charge is -2.21. The van der Waals surface area contributed by atoms with Crippen LogP contribution in [0.4, 0.5) is 0 Å². The van der Waals surface area contributed by atoms with Gasteiger partial charge in [0.05, 0.1) is 15.1 Å². The Bertz CT molecular complexity index is 1340. The minimum atomic E-state index is -3.82. The molecule has 4 rings (SSSR count). The van der Waals surface area contributed by atoms with Crippen LogP contribution in [0.25, 0.3) is 10.2 Å². The average Bonchev–Trinajstić information content (AvgIpc) is 3.40. The number of thiazole rings is 1. The smallest absolute Gasteiger partial charge is 0.266 e. The average molecular weight is 508 g/mol. The number of allylic oxidation sites excluding steroid dienone is 1. The summed E-state index contributed by atoms with van der Waals surface area (Å²) in [5, 5.41) is 0.453. The fraction of sp³-hybridized carbons (Fsp3) is 0.273. The Morgan fingerprint density at radius 1 is 1.31 bits per heavy atom. The van der Waals surface area contributed by atoms with Crippen molar-refractivity contribution in [3.8, 4) is 0 Å². The first kappa shape index (κ1) is 23.3. The number of benzene rings is 2. The van der Waals surface area contributed by atoms with Crippen molar-refractivity contribution < 1.29 is 13.2 Å². The first-order valence-corrected chi connectivity index (χ1v) is 13.9. The van der Waals surface area contributed by atoms with Gasteiger partial charge in [-0.05, 0) is 61.6 Å². The van der Waals surface area contributed by atoms with E-state index in [2.05, 4.69) is 17.6 Å². The van der Waals surface area contributed by atoms with Gasteiger partial charge in [0.15, 0.2) is 4.80 Å². The highest BCUT2D eigenvalue weighted by Crippen LogP contribution is 2.28. The Labute approximate surface area is 200 Å². The van der Waals surface area contributed by atoms with Crippen molar-refractivity contribution in [1.29, 1.82) is 0 Å². The van der Waals surface area contributed by atoms with Crippen molar-refractivity contribution in [3.63, 3.8) is 0 Å². The molecule has 168 valence electrons. The predicted octanol–water partition coefficient (Wildman–Crippen LogP) is 4.54. The second-order valence-corrected chi connectivity index (χ2v) is 11.5. The number of hydrogen-bond donors (Lipinski definition) is 0. The number of carbonyl (C=O) groups is 1. The Morgan fingerprint density at radius 3 is 2.75 bits per heavy atom. The van der Waals surface area contributed by atoms with Crippen LogP contribution in [0.3, 0.4) is 0 Å². The predicted molar refractivity (Wildman–Crippen MR) is 131 cm³/mol. The number of thioether (sulfide) groups is 1. The minimum absolute atomic E-state index is 0.120. The molecular weight excluding hydrogens is 486 g/mol. The SMILES string of the molecule is C=CCn1c(=NC(=O)C2CCCN2S(=O)(=O)c2ccc(Cl)cc2)sc2cc(SC)ccc21. The number of nitrogens with zero attached hydrogens (tertiary/aromatic N) is 3. The number of halogens is 1. The maximum atomic E-state index is 13.2. The largest absolute Gasteiger partial charge is 0.313 e. The van der Waals surface area contributed by atoms with Crippen LogP contribution >= 0.6 is 34.7 Å². The van der Waals surface area contributed by atoms with Crippen molar-refractivity contribution in [2.45, 2.75) is 35.2 Å². The van der Waals surface area contributed by atoms with Crippen molar-refractivity contribution >= 4 is 60.8 Å². The number of hydrogen-bond acceptors (Lipinski definition) is 5. The Kier molecular flexibility index (Phi) is 6.92. The molecule has 2 aromatic carbocycles. The monoisotopic (exact) mass is 507 g/mol. The summed E-state index contributed by atoms with van der Waals surface area (Å²) in [5.41, 5.74) is 0.969. The summed E-state index contributed by atoms with van der Waals surface area (Å²) in [6.45, 7) is 4.60. The van der Waals surface area contributed by atoms with Gasteiger partial charge in [-0.1, -0.05) is 29.0 Å². The lowest BCUT2D eigenvalue weighted by atomic mass is 10.2. The lowest BCUT2D eigenvalue weighted by Crippen LogP contribution is -2.40. The van der Waals surface area contributed by atoms with Crippen LogP contribution in [0.15, 0.2) is 69.9 Å². The number of rotatable bonds is 6. The highest BCUT2D eigenvalue weighted by atomic mass is 35.5. The van der Waals surface area contributed by atoms with E-state index in [-0.39, 0.29) is 11.4 Å². The summed E-state index contributed by atoms with van der Waals surface area (Å²) in [7, 11) is -3.82. The van der Waals surface area contributed by atoms with Gasteiger partial charge in [-0.3, -0.25) is 4.79 Å². The maximum Gasteiger partial charge on any atom is 0.266 e. The van der Waals surface area contributed by atoms with E-state index in [1.54, 1.807) is 17.8 Å². The second kappa shape index (κ2) is 9.52. The molecular formula is C22H22ClN3O3S3. The summed E-state index contributed by atoms with van der Waals surface area (Å²) < 4.78 is 30.5. The Hall–Kier alpha value is -1.91. The van der Waals surface area contributed by atoms with Crippen LogP contribution in [0.2, 0.25) is 5.02 Å². The van der Waals surface area contributed by atoms with Gasteiger partial charge < -0.3 is 4.57 Å². The molecule has 3 aromatic rings. The van der Waals surface area contributed by atoms with Crippen LogP contribution in [0.1, 0.15) is 12.8 Å². The van der Waals surface area contributed by atoms with E-state index in [0.717, 1.165) is 15.1 Å². The van der Waals surface area contributed by atoms with Gasteiger partial charge in [-0.25, -0.2) is 8.42 Å². The van der Waals surface area contributed by atoms with E-state index >= 15 is 0 Å². The molecule has 32 heavy (non-hydrogen) atoms. The fourth-order valence-electron chi connectivity index (χ4n) is 3.76. The van der Waals surface area contributed by atoms with Gasteiger partial charge in [0.1, 0.15) is 6.04 Å². The van der Waals surface area contributed by atoms with Gasteiger partial charge in [0, 0.05) is 23.0 Å². The maximum absolute atomic E-state index is 13.2. The zero-order chi connectivity index (χ0) is 22.9. The van der Waals surface area contributed by atoms with Crippen molar-refractivity contribution in [2.75, 3.05) is 12.8 Å². The quantitative estimate of drug-likeness (QED) is 0.362. The number of fused-ring (bicyclic) bond motifs is 1. The van der Waals surface area contributed by atoms with Gasteiger partial charge in [-0.2, -0.15) is 9.30 Å². The molecule has 10 heteroatoms. The molecule has 0 aliphatic carbocycles. The second-order valence-electron chi connectivity index (χ2n) is 7.30. The van der Waals surface area contributed by atoms with Gasteiger partial charge >= 0.3 is 0 Å². The molecule has 0 bridgehead atoms. The van der Waals surface area contributed by atoms with E-state index in [4.69, 9.17) is 11.6 Å². The van der Waals surface area contributed by atoms with E-state index in [1.165, 1.54) is 39.9 Å². The van der Waals surface area contributed by atoms with Crippen LogP contribution in [0.5, 0.6) is 0 Å². The molecule has 1 unspecified atom stereocenters. The highest BCUT2D eigenvalue weighted by Gasteiger charge is 2.39. The molecule has 2 heterocycles. The van der Waals surface area contributed by atoms with Crippen LogP contribution in [-0.2, 0) is 21.4 Å². The first-order chi connectivity index (χ1) is 15.3. The standard InChI is InChI=1S/C22H22ClN3O3S3/c1-3-12-25-18-11-8-16(30-2)14-20(18)31-22(25)24-21(27)19-5-4-13-26(19)32(28,29)17-9-6-15(23)7-10-17/h3,6-11,14,19H,1,4-5,12-13H2,2H3. The molecule has 1 aliphatic heterocycles. The highest BCUT2D eigenvalue weighted by molar-refractivity contribution is 7.98. The molecule has 1 amide bonds. The number of carbonyl (C=O) groups excluding carboxylic acids is 1. The number of aromatic nitrogens is 1. The van der Waals surface area contributed by atoms with Crippen LogP contribution in [0, 0.1) is 0 Å². The summed E-state index contributed by atoms with van der Waals surface area (Å²) >= 11 is 8.96. The number of amides is 1. The zero-order valence-corrected chi connectivity index (χ0v) is 20.6. The normalized spacial score (nSPS) is 17.8. The Balaban J connectivity index is 1.72.